The van der Waals surface area contributed by atoms with E-state index in [0.717, 1.165) is 11.3 Å². The standard InChI is InChI=1S/C17H22N2O2/c1-13(2)11-18-16(20)12-19-17(15-9-6-10-21-15)14-7-4-3-5-8-14/h3-10,13,17,19H,11-12H2,1-2H3,(H,18,20). The quantitative estimate of drug-likeness (QED) is 0.823. The third-order valence-electron chi connectivity index (χ3n) is 3.13. The van der Waals surface area contributed by atoms with E-state index in [0.29, 0.717) is 12.5 Å². The van der Waals surface area contributed by atoms with Gasteiger partial charge in [0.15, 0.2) is 0 Å². The maximum atomic E-state index is 11.8. The molecule has 2 N–H and O–H groups in total. The first-order valence-corrected chi connectivity index (χ1v) is 7.25. The van der Waals surface area contributed by atoms with Crippen LogP contribution >= 0.6 is 0 Å². The third kappa shape index (κ3) is 4.76. The number of hydrogen-bond donors (Lipinski definition) is 2. The molecule has 0 aliphatic carbocycles. The van der Waals surface area contributed by atoms with Crippen LogP contribution in [0.4, 0.5) is 0 Å². The van der Waals surface area contributed by atoms with Crippen molar-refractivity contribution in [2.24, 2.45) is 5.92 Å². The summed E-state index contributed by atoms with van der Waals surface area (Å²) in [5.41, 5.74) is 1.07. The van der Waals surface area contributed by atoms with Crippen molar-refractivity contribution in [2.45, 2.75) is 19.9 Å². The Balaban J connectivity index is 1.99. The van der Waals surface area contributed by atoms with Gasteiger partial charge in [0.25, 0.3) is 0 Å². The summed E-state index contributed by atoms with van der Waals surface area (Å²) in [7, 11) is 0. The van der Waals surface area contributed by atoms with Gasteiger partial charge in [-0.15, -0.1) is 0 Å². The lowest BCUT2D eigenvalue weighted by Gasteiger charge is -2.17. The summed E-state index contributed by atoms with van der Waals surface area (Å²) in [6.45, 7) is 5.09. The number of rotatable bonds is 7. The van der Waals surface area contributed by atoms with Crippen molar-refractivity contribution >= 4 is 5.91 Å². The van der Waals surface area contributed by atoms with Crippen molar-refractivity contribution in [2.75, 3.05) is 13.1 Å². The highest BCUT2D eigenvalue weighted by molar-refractivity contribution is 5.78. The zero-order valence-electron chi connectivity index (χ0n) is 12.5. The largest absolute Gasteiger partial charge is 0.467 e. The van der Waals surface area contributed by atoms with Gasteiger partial charge in [-0.05, 0) is 23.6 Å². The fraction of sp³-hybridized carbons (Fsp3) is 0.353. The first-order valence-electron chi connectivity index (χ1n) is 7.25. The van der Waals surface area contributed by atoms with Crippen molar-refractivity contribution in [1.29, 1.82) is 0 Å². The van der Waals surface area contributed by atoms with Gasteiger partial charge in [-0.25, -0.2) is 0 Å². The Morgan fingerprint density at radius 3 is 2.52 bits per heavy atom. The maximum absolute atomic E-state index is 11.8. The topological polar surface area (TPSA) is 54.3 Å². The van der Waals surface area contributed by atoms with Crippen LogP contribution in [0.2, 0.25) is 0 Å². The monoisotopic (exact) mass is 286 g/mol. The van der Waals surface area contributed by atoms with Crippen LogP contribution in [0.1, 0.15) is 31.2 Å². The van der Waals surface area contributed by atoms with E-state index in [1.807, 2.05) is 42.5 Å². The Morgan fingerprint density at radius 1 is 1.14 bits per heavy atom. The predicted octanol–water partition coefficient (Wildman–Crippen LogP) is 2.73. The van der Waals surface area contributed by atoms with Crippen molar-refractivity contribution in [1.82, 2.24) is 10.6 Å². The highest BCUT2D eigenvalue weighted by atomic mass is 16.3. The maximum Gasteiger partial charge on any atom is 0.233 e. The van der Waals surface area contributed by atoms with Gasteiger partial charge in [-0.1, -0.05) is 44.2 Å². The molecule has 0 fully saturated rings. The summed E-state index contributed by atoms with van der Waals surface area (Å²) >= 11 is 0. The molecular weight excluding hydrogens is 264 g/mol. The number of benzene rings is 1. The van der Waals surface area contributed by atoms with Crippen LogP contribution in [-0.2, 0) is 4.79 Å². The Hall–Kier alpha value is -2.07. The molecule has 21 heavy (non-hydrogen) atoms. The summed E-state index contributed by atoms with van der Waals surface area (Å²) in [5.74, 6) is 1.25. The lowest BCUT2D eigenvalue weighted by molar-refractivity contribution is -0.120. The van der Waals surface area contributed by atoms with E-state index in [2.05, 4.69) is 24.5 Å². The molecule has 1 aromatic heterocycles. The lowest BCUT2D eigenvalue weighted by Crippen LogP contribution is -2.37. The minimum atomic E-state index is -0.119. The number of furan rings is 1. The van der Waals surface area contributed by atoms with Crippen molar-refractivity contribution in [3.8, 4) is 0 Å². The first kappa shape index (κ1) is 15.3. The molecule has 1 amide bonds. The molecular formula is C17H22N2O2. The molecule has 0 radical (unpaired) electrons. The average molecular weight is 286 g/mol. The predicted molar refractivity (Wildman–Crippen MR) is 82.8 cm³/mol. The molecule has 1 heterocycles. The van der Waals surface area contributed by atoms with Crippen molar-refractivity contribution < 1.29 is 9.21 Å². The van der Waals surface area contributed by atoms with Crippen molar-refractivity contribution in [3.63, 3.8) is 0 Å². The molecule has 112 valence electrons. The second kappa shape index (κ2) is 7.64. The third-order valence-corrected chi connectivity index (χ3v) is 3.13. The van der Waals surface area contributed by atoms with E-state index in [1.54, 1.807) is 6.26 Å². The molecule has 1 atom stereocenters. The molecule has 0 bridgehead atoms. The van der Waals surface area contributed by atoms with Crippen LogP contribution in [0.25, 0.3) is 0 Å². The highest BCUT2D eigenvalue weighted by Crippen LogP contribution is 2.21. The minimum absolute atomic E-state index is 0.00353. The van der Waals surface area contributed by atoms with E-state index in [-0.39, 0.29) is 18.5 Å². The summed E-state index contributed by atoms with van der Waals surface area (Å²) in [6.07, 6.45) is 1.64. The first-order chi connectivity index (χ1) is 10.2. The molecule has 0 aliphatic rings. The van der Waals surface area contributed by atoms with E-state index in [4.69, 9.17) is 4.42 Å². The number of hydrogen-bond acceptors (Lipinski definition) is 3. The van der Waals surface area contributed by atoms with Crippen LogP contribution in [-0.4, -0.2) is 19.0 Å². The summed E-state index contributed by atoms with van der Waals surface area (Å²) in [5, 5.41) is 6.16. The Morgan fingerprint density at radius 2 is 1.90 bits per heavy atom. The lowest BCUT2D eigenvalue weighted by atomic mass is 10.0. The molecule has 0 saturated carbocycles. The average Bonchev–Trinajstić information content (AvgIpc) is 3.00. The van der Waals surface area contributed by atoms with Gasteiger partial charge < -0.3 is 9.73 Å². The van der Waals surface area contributed by atoms with Crippen LogP contribution in [0.5, 0.6) is 0 Å². The van der Waals surface area contributed by atoms with Crippen LogP contribution < -0.4 is 10.6 Å². The molecule has 1 aromatic carbocycles. The van der Waals surface area contributed by atoms with Gasteiger partial charge in [-0.3, -0.25) is 10.1 Å². The van der Waals surface area contributed by atoms with E-state index >= 15 is 0 Å². The fourth-order valence-corrected chi connectivity index (χ4v) is 2.06. The fourth-order valence-electron chi connectivity index (χ4n) is 2.06. The zero-order valence-corrected chi connectivity index (χ0v) is 12.5. The van der Waals surface area contributed by atoms with Crippen LogP contribution in [0, 0.1) is 5.92 Å². The smallest absolute Gasteiger partial charge is 0.233 e. The van der Waals surface area contributed by atoms with Gasteiger partial charge in [0.2, 0.25) is 5.91 Å². The molecule has 0 aliphatic heterocycles. The molecule has 4 nitrogen and oxygen atoms in total. The molecule has 2 aromatic rings. The van der Waals surface area contributed by atoms with Gasteiger partial charge in [0.1, 0.15) is 5.76 Å². The summed E-state index contributed by atoms with van der Waals surface area (Å²) in [6, 6.07) is 13.6. The van der Waals surface area contributed by atoms with Crippen LogP contribution in [0.15, 0.2) is 53.1 Å². The Labute approximate surface area is 125 Å². The van der Waals surface area contributed by atoms with E-state index in [9.17, 15) is 4.79 Å². The number of carbonyl (C=O) groups excluding carboxylic acids is 1. The molecule has 0 saturated heterocycles. The molecule has 0 spiro atoms. The van der Waals surface area contributed by atoms with Crippen molar-refractivity contribution in [3.05, 3.63) is 60.1 Å². The van der Waals surface area contributed by atoms with E-state index in [1.165, 1.54) is 0 Å². The second-order valence-corrected chi connectivity index (χ2v) is 5.44. The summed E-state index contributed by atoms with van der Waals surface area (Å²) in [4.78, 5) is 11.8. The number of carbonyl (C=O) groups is 1. The normalized spacial score (nSPS) is 12.3. The summed E-state index contributed by atoms with van der Waals surface area (Å²) < 4.78 is 5.49. The molecule has 4 heteroatoms. The number of nitrogens with one attached hydrogen (secondary N) is 2. The minimum Gasteiger partial charge on any atom is -0.467 e. The molecule has 1 unspecified atom stereocenters. The van der Waals surface area contributed by atoms with Gasteiger partial charge >= 0.3 is 0 Å². The van der Waals surface area contributed by atoms with Gasteiger partial charge in [0.05, 0.1) is 18.8 Å². The Bertz CT molecular complexity index is 535. The van der Waals surface area contributed by atoms with E-state index < -0.39 is 0 Å². The second-order valence-electron chi connectivity index (χ2n) is 5.44. The number of amides is 1. The van der Waals surface area contributed by atoms with Crippen LogP contribution in [0.3, 0.4) is 0 Å². The van der Waals surface area contributed by atoms with Gasteiger partial charge in [-0.2, -0.15) is 0 Å². The highest BCUT2D eigenvalue weighted by Gasteiger charge is 2.17. The zero-order chi connectivity index (χ0) is 15.1. The Kier molecular flexibility index (Phi) is 5.58. The molecule has 2 rings (SSSR count). The van der Waals surface area contributed by atoms with Gasteiger partial charge in [0, 0.05) is 6.54 Å². The SMILES string of the molecule is CC(C)CNC(=O)CNC(c1ccccc1)c1ccco1.